The van der Waals surface area contributed by atoms with Gasteiger partial charge in [0.1, 0.15) is 0 Å². The summed E-state index contributed by atoms with van der Waals surface area (Å²) in [5.41, 5.74) is 5.50. The topological polar surface area (TPSA) is 80.8 Å². The number of aromatic nitrogens is 1. The molecule has 1 aliphatic heterocycles. The van der Waals surface area contributed by atoms with Gasteiger partial charge in [-0.15, -0.1) is 0 Å². The molecule has 8 heteroatoms. The fourth-order valence-electron chi connectivity index (χ4n) is 4.21. The first-order valence-electron chi connectivity index (χ1n) is 11.2. The molecule has 1 saturated heterocycles. The molecule has 7 nitrogen and oxygen atoms in total. The average Bonchev–Trinajstić information content (AvgIpc) is 2.81. The molecule has 3 N–H and O–H groups in total. The molecule has 0 bridgehead atoms. The highest BCUT2D eigenvalue weighted by molar-refractivity contribution is 7.80. The molecule has 0 spiro atoms. The number of pyridine rings is 1. The second-order valence-electron chi connectivity index (χ2n) is 8.39. The Hall–Kier alpha value is -2.94. The summed E-state index contributed by atoms with van der Waals surface area (Å²) in [6.07, 6.45) is 0. The normalized spacial score (nSPS) is 13.8. The maximum Gasteiger partial charge on any atom is 0.253 e. The Labute approximate surface area is 199 Å². The zero-order valence-corrected chi connectivity index (χ0v) is 19.9. The lowest BCUT2D eigenvalue weighted by molar-refractivity contribution is 0.122. The standard InChI is InChI=1S/C25H30N4O3S/c1-17-13-18(2)23-19(14-17)15-20(24(31)27-23)16-29(7-10-30)25(33)26-21-3-5-22(6-4-21)28-8-11-32-12-9-28/h3-6,13-15,30H,7-12,16H2,1-2H3,(H,26,33)(H,27,31). The van der Waals surface area contributed by atoms with Crippen molar-refractivity contribution in [3.8, 4) is 0 Å². The van der Waals surface area contributed by atoms with E-state index in [1.165, 1.54) is 0 Å². The van der Waals surface area contributed by atoms with E-state index in [0.717, 1.165) is 59.7 Å². The van der Waals surface area contributed by atoms with Gasteiger partial charge in [-0.3, -0.25) is 4.79 Å². The number of nitrogens with one attached hydrogen (secondary N) is 2. The van der Waals surface area contributed by atoms with Crippen LogP contribution < -0.4 is 15.8 Å². The second kappa shape index (κ2) is 10.3. The van der Waals surface area contributed by atoms with Crippen molar-refractivity contribution in [2.45, 2.75) is 20.4 Å². The van der Waals surface area contributed by atoms with Crippen molar-refractivity contribution in [1.82, 2.24) is 9.88 Å². The third-order valence-electron chi connectivity index (χ3n) is 5.88. The second-order valence-corrected chi connectivity index (χ2v) is 8.78. The molecule has 1 aromatic heterocycles. The Morgan fingerprint density at radius 2 is 1.91 bits per heavy atom. The number of aliphatic hydroxyl groups excluding tert-OH is 1. The van der Waals surface area contributed by atoms with Crippen molar-refractivity contribution >= 4 is 39.6 Å². The predicted molar refractivity (Wildman–Crippen MR) is 137 cm³/mol. The number of hydrogen-bond acceptors (Lipinski definition) is 5. The molecular weight excluding hydrogens is 436 g/mol. The molecule has 1 aliphatic rings. The molecule has 0 amide bonds. The SMILES string of the molecule is Cc1cc(C)c2[nH]c(=O)c(CN(CCO)C(=S)Nc3ccc(N4CCOCC4)cc3)cc2c1. The minimum absolute atomic E-state index is 0.0680. The first-order valence-corrected chi connectivity index (χ1v) is 11.6. The maximum atomic E-state index is 12.8. The van der Waals surface area contributed by atoms with Crippen LogP contribution in [0.25, 0.3) is 10.9 Å². The lowest BCUT2D eigenvalue weighted by Crippen LogP contribution is -2.38. The molecule has 0 unspecified atom stereocenters. The van der Waals surface area contributed by atoms with Gasteiger partial charge in [0.25, 0.3) is 5.56 Å². The molecule has 174 valence electrons. The van der Waals surface area contributed by atoms with Crippen LogP contribution in [-0.2, 0) is 11.3 Å². The summed E-state index contributed by atoms with van der Waals surface area (Å²) in [6, 6.07) is 14.1. The zero-order chi connectivity index (χ0) is 23.4. The number of fused-ring (bicyclic) bond motifs is 1. The quantitative estimate of drug-likeness (QED) is 0.482. The van der Waals surface area contributed by atoms with E-state index in [1.54, 1.807) is 0 Å². The third kappa shape index (κ3) is 5.52. The maximum absolute atomic E-state index is 12.8. The summed E-state index contributed by atoms with van der Waals surface area (Å²) < 4.78 is 5.42. The number of aryl methyl sites for hydroxylation is 2. The minimum Gasteiger partial charge on any atom is -0.395 e. The molecule has 33 heavy (non-hydrogen) atoms. The first kappa shape index (κ1) is 23.2. The molecule has 3 aromatic rings. The number of morpholine rings is 1. The van der Waals surface area contributed by atoms with Crippen molar-refractivity contribution in [1.29, 1.82) is 0 Å². The van der Waals surface area contributed by atoms with Crippen LogP contribution in [0.15, 0.2) is 47.3 Å². The number of H-pyrrole nitrogens is 1. The first-order chi connectivity index (χ1) is 15.9. The highest BCUT2D eigenvalue weighted by Crippen LogP contribution is 2.21. The van der Waals surface area contributed by atoms with Crippen LogP contribution in [-0.4, -0.2) is 59.6 Å². The van der Waals surface area contributed by atoms with Gasteiger partial charge < -0.3 is 29.9 Å². The number of ether oxygens (including phenoxy) is 1. The number of rotatable bonds is 6. The van der Waals surface area contributed by atoms with Crippen LogP contribution in [0.4, 0.5) is 11.4 Å². The highest BCUT2D eigenvalue weighted by atomic mass is 32.1. The molecule has 4 rings (SSSR count). The fraction of sp³-hybridized carbons (Fsp3) is 0.360. The molecule has 1 fully saturated rings. The molecule has 0 aliphatic carbocycles. The number of aromatic amines is 1. The van der Waals surface area contributed by atoms with Gasteiger partial charge >= 0.3 is 0 Å². The largest absolute Gasteiger partial charge is 0.395 e. The summed E-state index contributed by atoms with van der Waals surface area (Å²) in [4.78, 5) is 19.9. The van der Waals surface area contributed by atoms with Crippen molar-refractivity contribution in [3.05, 3.63) is 69.5 Å². The van der Waals surface area contributed by atoms with Gasteiger partial charge in [0.05, 0.1) is 31.9 Å². The zero-order valence-electron chi connectivity index (χ0n) is 19.1. The van der Waals surface area contributed by atoms with E-state index in [9.17, 15) is 9.90 Å². The fourth-order valence-corrected chi connectivity index (χ4v) is 4.48. The lowest BCUT2D eigenvalue weighted by Gasteiger charge is -2.29. The average molecular weight is 467 g/mol. The lowest BCUT2D eigenvalue weighted by atomic mass is 10.1. The van der Waals surface area contributed by atoms with Crippen molar-refractivity contribution in [2.75, 3.05) is 49.7 Å². The number of anilines is 2. The predicted octanol–water partition coefficient (Wildman–Crippen LogP) is 3.17. The van der Waals surface area contributed by atoms with Gasteiger partial charge in [0, 0.05) is 36.6 Å². The summed E-state index contributed by atoms with van der Waals surface area (Å²) >= 11 is 5.63. The van der Waals surface area contributed by atoms with Gasteiger partial charge in [-0.2, -0.15) is 0 Å². The van der Waals surface area contributed by atoms with Crippen LogP contribution in [0, 0.1) is 13.8 Å². The van der Waals surface area contributed by atoms with Crippen LogP contribution in [0.1, 0.15) is 16.7 Å². The number of thiocarbonyl (C=S) groups is 1. The Morgan fingerprint density at radius 1 is 1.18 bits per heavy atom. The van der Waals surface area contributed by atoms with E-state index in [4.69, 9.17) is 17.0 Å². The van der Waals surface area contributed by atoms with E-state index in [-0.39, 0.29) is 12.2 Å². The van der Waals surface area contributed by atoms with Crippen LogP contribution in [0.2, 0.25) is 0 Å². The van der Waals surface area contributed by atoms with Gasteiger partial charge in [0.2, 0.25) is 0 Å². The molecule has 2 heterocycles. The molecule has 0 atom stereocenters. The summed E-state index contributed by atoms with van der Waals surface area (Å²) in [7, 11) is 0. The Bertz CT molecular complexity index is 1190. The Balaban J connectivity index is 1.49. The minimum atomic E-state index is -0.143. The highest BCUT2D eigenvalue weighted by Gasteiger charge is 2.15. The molecule has 2 aromatic carbocycles. The smallest absolute Gasteiger partial charge is 0.253 e. The number of nitrogens with zero attached hydrogens (tertiary/aromatic N) is 2. The Kier molecular flexibility index (Phi) is 7.27. The van der Waals surface area contributed by atoms with Crippen molar-refractivity contribution in [2.24, 2.45) is 0 Å². The summed E-state index contributed by atoms with van der Waals surface area (Å²) in [5.74, 6) is 0. The van der Waals surface area contributed by atoms with E-state index >= 15 is 0 Å². The molecule has 0 saturated carbocycles. The number of aliphatic hydroxyl groups is 1. The van der Waals surface area contributed by atoms with E-state index in [0.29, 0.717) is 23.8 Å². The summed E-state index contributed by atoms with van der Waals surface area (Å²) in [6.45, 7) is 7.84. The van der Waals surface area contributed by atoms with E-state index in [2.05, 4.69) is 39.5 Å². The number of benzene rings is 2. The third-order valence-corrected chi connectivity index (χ3v) is 6.24. The van der Waals surface area contributed by atoms with Gasteiger partial charge in [0.15, 0.2) is 5.11 Å². The van der Waals surface area contributed by atoms with Gasteiger partial charge in [-0.1, -0.05) is 11.6 Å². The van der Waals surface area contributed by atoms with Crippen LogP contribution in [0.3, 0.4) is 0 Å². The van der Waals surface area contributed by atoms with E-state index < -0.39 is 0 Å². The van der Waals surface area contributed by atoms with Gasteiger partial charge in [-0.25, -0.2) is 0 Å². The molecular formula is C25H30N4O3S. The summed E-state index contributed by atoms with van der Waals surface area (Å²) in [5, 5.41) is 14.3. The van der Waals surface area contributed by atoms with Gasteiger partial charge in [-0.05, 0) is 73.4 Å². The van der Waals surface area contributed by atoms with Crippen LogP contribution in [0.5, 0.6) is 0 Å². The van der Waals surface area contributed by atoms with E-state index in [1.807, 2.05) is 36.9 Å². The molecule has 0 radical (unpaired) electrons. The van der Waals surface area contributed by atoms with Crippen LogP contribution >= 0.6 is 12.2 Å². The Morgan fingerprint density at radius 3 is 2.61 bits per heavy atom. The monoisotopic (exact) mass is 466 g/mol. The van der Waals surface area contributed by atoms with Crippen molar-refractivity contribution < 1.29 is 9.84 Å². The number of hydrogen-bond donors (Lipinski definition) is 3. The van der Waals surface area contributed by atoms with Crippen molar-refractivity contribution in [3.63, 3.8) is 0 Å².